The van der Waals surface area contributed by atoms with E-state index < -0.39 is 5.91 Å². The van der Waals surface area contributed by atoms with Crippen LogP contribution in [0.25, 0.3) is 16.8 Å². The Morgan fingerprint density at radius 1 is 0.978 bits per heavy atom. The van der Waals surface area contributed by atoms with Gasteiger partial charge < -0.3 is 29.2 Å². The second-order valence-corrected chi connectivity index (χ2v) is 11.5. The first-order valence-corrected chi connectivity index (χ1v) is 16.1. The Hall–Kier alpha value is -3.82. The van der Waals surface area contributed by atoms with Crippen LogP contribution in [0.2, 0.25) is 0 Å². The molecule has 1 aromatic heterocycles. The fourth-order valence-electron chi connectivity index (χ4n) is 5.61. The van der Waals surface area contributed by atoms with E-state index in [1.54, 1.807) is 6.08 Å². The van der Waals surface area contributed by atoms with Crippen molar-refractivity contribution in [3.63, 3.8) is 0 Å². The number of rotatable bonds is 16. The second kappa shape index (κ2) is 17.6. The number of hydrogen-bond donors (Lipinski definition) is 1. The van der Waals surface area contributed by atoms with Gasteiger partial charge in [0.15, 0.2) is 0 Å². The predicted octanol–water partition coefficient (Wildman–Crippen LogP) is 4.26. The van der Waals surface area contributed by atoms with E-state index in [1.807, 2.05) is 35.1 Å². The van der Waals surface area contributed by atoms with Gasteiger partial charge in [-0.15, -0.1) is 5.10 Å². The lowest BCUT2D eigenvalue weighted by Gasteiger charge is -2.29. The summed E-state index contributed by atoms with van der Waals surface area (Å²) in [6, 6.07) is 14.5. The smallest absolute Gasteiger partial charge is 0.262 e. The summed E-state index contributed by atoms with van der Waals surface area (Å²) in [5.74, 6) is -0.419. The van der Waals surface area contributed by atoms with Crippen molar-refractivity contribution >= 4 is 28.4 Å². The number of nitrogens with one attached hydrogen (secondary N) is 1. The van der Waals surface area contributed by atoms with Gasteiger partial charge in [-0.3, -0.25) is 4.79 Å². The molecule has 2 aliphatic heterocycles. The molecule has 45 heavy (non-hydrogen) atoms. The SMILES string of the molecule is N#C/C(=C\c1ccc2cc(N3CCCCC3)ccc2c1)C(=O)NCCOCCOCCOCc1cn(CC2CCCCO2)nn1. The zero-order chi connectivity index (χ0) is 31.1. The number of carbonyl (C=O) groups excluding carboxylic acids is 1. The molecule has 1 N–H and O–H groups in total. The molecule has 5 rings (SSSR count). The first-order valence-electron chi connectivity index (χ1n) is 16.1. The molecule has 2 fully saturated rings. The molecule has 0 spiro atoms. The quantitative estimate of drug-likeness (QED) is 0.143. The van der Waals surface area contributed by atoms with Crippen molar-refractivity contribution in [3.05, 3.63) is 59.4 Å². The van der Waals surface area contributed by atoms with Gasteiger partial charge in [0.25, 0.3) is 5.91 Å². The molecule has 2 aliphatic rings. The van der Waals surface area contributed by atoms with Crippen LogP contribution in [-0.2, 0) is 36.9 Å². The van der Waals surface area contributed by atoms with Crippen molar-refractivity contribution in [2.24, 2.45) is 0 Å². The molecule has 1 amide bonds. The first kappa shape index (κ1) is 32.6. The maximum Gasteiger partial charge on any atom is 0.262 e. The summed E-state index contributed by atoms with van der Waals surface area (Å²) in [4.78, 5) is 15.0. The lowest BCUT2D eigenvalue weighted by molar-refractivity contribution is -0.117. The number of carbonyl (C=O) groups is 1. The fraction of sp³-hybridized carbons (Fsp3) is 0.529. The van der Waals surface area contributed by atoms with Crippen LogP contribution in [0.3, 0.4) is 0 Å². The molecule has 1 atom stereocenters. The molecule has 3 aromatic rings. The number of ether oxygens (including phenoxy) is 4. The second-order valence-electron chi connectivity index (χ2n) is 11.5. The summed E-state index contributed by atoms with van der Waals surface area (Å²) in [7, 11) is 0. The number of benzene rings is 2. The van der Waals surface area contributed by atoms with Crippen molar-refractivity contribution in [2.45, 2.75) is 57.8 Å². The van der Waals surface area contributed by atoms with Gasteiger partial charge in [0.05, 0.1) is 58.5 Å². The van der Waals surface area contributed by atoms with E-state index in [0.717, 1.165) is 61.1 Å². The maximum absolute atomic E-state index is 12.6. The Morgan fingerprint density at radius 2 is 1.76 bits per heavy atom. The van der Waals surface area contributed by atoms with Crippen LogP contribution in [0.4, 0.5) is 5.69 Å². The van der Waals surface area contributed by atoms with Crippen LogP contribution in [0, 0.1) is 11.3 Å². The number of aromatic nitrogens is 3. The highest BCUT2D eigenvalue weighted by Gasteiger charge is 2.15. The highest BCUT2D eigenvalue weighted by atomic mass is 16.5. The molecule has 0 bridgehead atoms. The topological polar surface area (TPSA) is 124 Å². The van der Waals surface area contributed by atoms with Gasteiger partial charge in [-0.25, -0.2) is 4.68 Å². The van der Waals surface area contributed by atoms with Crippen molar-refractivity contribution in [2.75, 3.05) is 64.2 Å². The lowest BCUT2D eigenvalue weighted by Crippen LogP contribution is -2.29. The van der Waals surface area contributed by atoms with E-state index >= 15 is 0 Å². The molecule has 3 heterocycles. The molecule has 2 aromatic carbocycles. The minimum Gasteiger partial charge on any atom is -0.377 e. The summed E-state index contributed by atoms with van der Waals surface area (Å²) in [5, 5.41) is 22.9. The number of hydrogen-bond acceptors (Lipinski definition) is 9. The third kappa shape index (κ3) is 10.4. The molecule has 2 saturated heterocycles. The van der Waals surface area contributed by atoms with Crippen LogP contribution in [0.1, 0.15) is 49.8 Å². The standard InChI is InChI=1S/C34H44N6O5/c35-23-30(21-27-7-8-29-22-32(10-9-28(29)20-27)39-12-3-1-4-13-39)34(41)36-11-15-42-16-17-43-18-19-44-26-31-24-40(38-37-31)25-33-6-2-5-14-45-33/h7-10,20-22,24,33H,1-6,11-19,25-26H2,(H,36,41)/b30-21+. The van der Waals surface area contributed by atoms with Crippen LogP contribution in [-0.4, -0.2) is 86.3 Å². The zero-order valence-corrected chi connectivity index (χ0v) is 26.0. The molecule has 240 valence electrons. The van der Waals surface area contributed by atoms with Gasteiger partial charge in [0.2, 0.25) is 0 Å². The number of nitrogens with zero attached hydrogens (tertiary/aromatic N) is 5. The highest BCUT2D eigenvalue weighted by Crippen LogP contribution is 2.26. The minimum absolute atomic E-state index is 0.0587. The summed E-state index contributed by atoms with van der Waals surface area (Å²) < 4.78 is 24.3. The Bertz CT molecular complexity index is 1440. The molecule has 11 heteroatoms. The summed E-state index contributed by atoms with van der Waals surface area (Å²) >= 11 is 0. The molecule has 0 saturated carbocycles. The van der Waals surface area contributed by atoms with E-state index in [4.69, 9.17) is 18.9 Å². The largest absolute Gasteiger partial charge is 0.377 e. The number of anilines is 1. The normalized spacial score (nSPS) is 17.4. The van der Waals surface area contributed by atoms with Crippen LogP contribution >= 0.6 is 0 Å². The Morgan fingerprint density at radius 3 is 2.56 bits per heavy atom. The monoisotopic (exact) mass is 616 g/mol. The molecule has 1 unspecified atom stereocenters. The number of fused-ring (bicyclic) bond motifs is 1. The van der Waals surface area contributed by atoms with Crippen LogP contribution in [0.15, 0.2) is 48.2 Å². The van der Waals surface area contributed by atoms with Gasteiger partial charge in [0.1, 0.15) is 17.3 Å². The summed E-state index contributed by atoms with van der Waals surface area (Å²) in [5.41, 5.74) is 2.90. The van der Waals surface area contributed by atoms with Gasteiger partial charge in [-0.05, 0) is 79.1 Å². The number of amides is 1. The molecular weight excluding hydrogens is 572 g/mol. The lowest BCUT2D eigenvalue weighted by atomic mass is 10.0. The van der Waals surface area contributed by atoms with Crippen molar-refractivity contribution in [1.82, 2.24) is 20.3 Å². The maximum atomic E-state index is 12.6. The van der Waals surface area contributed by atoms with Gasteiger partial charge in [-0.1, -0.05) is 23.4 Å². The average molecular weight is 617 g/mol. The number of nitriles is 1. The van der Waals surface area contributed by atoms with Crippen LogP contribution in [0.5, 0.6) is 0 Å². The third-order valence-corrected chi connectivity index (χ3v) is 8.02. The van der Waals surface area contributed by atoms with E-state index in [1.165, 1.54) is 31.4 Å². The summed E-state index contributed by atoms with van der Waals surface area (Å²) in [6.07, 6.45) is 10.9. The summed E-state index contributed by atoms with van der Waals surface area (Å²) in [6.45, 7) is 6.44. The Labute approximate surface area is 265 Å². The van der Waals surface area contributed by atoms with Crippen molar-refractivity contribution < 1.29 is 23.7 Å². The Kier molecular flexibility index (Phi) is 12.7. The van der Waals surface area contributed by atoms with Gasteiger partial charge >= 0.3 is 0 Å². The molecular formula is C34H44N6O5. The highest BCUT2D eigenvalue weighted by molar-refractivity contribution is 6.02. The minimum atomic E-state index is -0.419. The van der Waals surface area contributed by atoms with E-state index in [9.17, 15) is 10.1 Å². The predicted molar refractivity (Wildman–Crippen MR) is 172 cm³/mol. The average Bonchev–Trinajstić information content (AvgIpc) is 3.53. The van der Waals surface area contributed by atoms with Crippen molar-refractivity contribution in [3.8, 4) is 6.07 Å². The fourth-order valence-corrected chi connectivity index (χ4v) is 5.61. The van der Waals surface area contributed by atoms with Crippen LogP contribution < -0.4 is 10.2 Å². The van der Waals surface area contributed by atoms with Gasteiger partial charge in [0, 0.05) is 31.9 Å². The van der Waals surface area contributed by atoms with Crippen molar-refractivity contribution in [1.29, 1.82) is 5.26 Å². The first-order chi connectivity index (χ1) is 22.2. The van der Waals surface area contributed by atoms with E-state index in [-0.39, 0.29) is 11.7 Å². The van der Waals surface area contributed by atoms with E-state index in [0.29, 0.717) is 46.2 Å². The zero-order valence-electron chi connectivity index (χ0n) is 26.0. The number of piperidine rings is 1. The molecule has 0 aliphatic carbocycles. The van der Waals surface area contributed by atoms with E-state index in [2.05, 4.69) is 38.7 Å². The molecule has 0 radical (unpaired) electrons. The third-order valence-electron chi connectivity index (χ3n) is 8.02. The molecule has 11 nitrogen and oxygen atoms in total. The van der Waals surface area contributed by atoms with Gasteiger partial charge in [-0.2, -0.15) is 5.26 Å². The Balaban J connectivity index is 0.921.